The zero-order valence-corrected chi connectivity index (χ0v) is 15.7. The molecule has 8 heteroatoms. The zero-order chi connectivity index (χ0) is 19.4. The smallest absolute Gasteiger partial charge is 0.179 e. The van der Waals surface area contributed by atoms with E-state index in [9.17, 15) is 12.8 Å². The van der Waals surface area contributed by atoms with E-state index < -0.39 is 9.84 Å². The molecule has 0 unspecified atom stereocenters. The Morgan fingerprint density at radius 2 is 1.81 bits per heavy atom. The summed E-state index contributed by atoms with van der Waals surface area (Å²) >= 11 is 0. The molecule has 0 bridgehead atoms. The van der Waals surface area contributed by atoms with E-state index in [0.29, 0.717) is 12.3 Å². The Kier molecular flexibility index (Phi) is 5.46. The molecule has 0 atom stereocenters. The number of halogens is 1. The molecule has 0 aliphatic heterocycles. The van der Waals surface area contributed by atoms with Crippen LogP contribution in [0.5, 0.6) is 11.5 Å². The Balaban J connectivity index is 1.65. The van der Waals surface area contributed by atoms with Gasteiger partial charge in [-0.15, -0.1) is 0 Å². The molecule has 0 radical (unpaired) electrons. The Morgan fingerprint density at radius 1 is 1.11 bits per heavy atom. The van der Waals surface area contributed by atoms with Gasteiger partial charge < -0.3 is 9.47 Å². The van der Waals surface area contributed by atoms with Crippen molar-refractivity contribution in [3.8, 4) is 11.5 Å². The third kappa shape index (κ3) is 4.85. The second-order valence-corrected chi connectivity index (χ2v) is 8.03. The summed E-state index contributed by atoms with van der Waals surface area (Å²) in [5, 5.41) is 4.22. The van der Waals surface area contributed by atoms with Crippen LogP contribution in [0.25, 0.3) is 0 Å². The maximum atomic E-state index is 13.0. The predicted molar refractivity (Wildman–Crippen MR) is 98.2 cm³/mol. The van der Waals surface area contributed by atoms with Crippen LogP contribution >= 0.6 is 0 Å². The van der Waals surface area contributed by atoms with Gasteiger partial charge in [0.05, 0.1) is 26.0 Å². The number of ether oxygens (including phenoxy) is 2. The lowest BCUT2D eigenvalue weighted by atomic mass is 10.2. The van der Waals surface area contributed by atoms with Gasteiger partial charge in [-0.25, -0.2) is 12.8 Å². The highest BCUT2D eigenvalue weighted by molar-refractivity contribution is 7.90. The Labute approximate surface area is 157 Å². The van der Waals surface area contributed by atoms with Gasteiger partial charge in [0.25, 0.3) is 0 Å². The van der Waals surface area contributed by atoms with Crippen molar-refractivity contribution in [2.24, 2.45) is 0 Å². The minimum atomic E-state index is -3.36. The van der Waals surface area contributed by atoms with Crippen LogP contribution in [0.4, 0.5) is 4.39 Å². The normalized spacial score (nSPS) is 11.4. The van der Waals surface area contributed by atoms with Gasteiger partial charge in [-0.3, -0.25) is 4.68 Å². The van der Waals surface area contributed by atoms with Crippen LogP contribution in [0.3, 0.4) is 0 Å². The third-order valence-corrected chi connectivity index (χ3v) is 5.04. The van der Waals surface area contributed by atoms with Gasteiger partial charge >= 0.3 is 0 Å². The summed E-state index contributed by atoms with van der Waals surface area (Å²) in [5.41, 5.74) is 1.69. The molecule has 0 N–H and O–H groups in total. The number of sulfone groups is 1. The largest absolute Gasteiger partial charge is 0.495 e. The first kappa shape index (κ1) is 18.9. The second kappa shape index (κ2) is 7.79. The number of nitrogens with zero attached hydrogens (tertiary/aromatic N) is 2. The topological polar surface area (TPSA) is 70.4 Å². The van der Waals surface area contributed by atoms with Crippen molar-refractivity contribution in [1.29, 1.82) is 0 Å². The van der Waals surface area contributed by atoms with E-state index in [1.54, 1.807) is 41.3 Å². The fourth-order valence-corrected chi connectivity index (χ4v) is 3.38. The van der Waals surface area contributed by atoms with Crippen LogP contribution in [0.1, 0.15) is 11.1 Å². The molecular formula is C19H19FN2O4S. The third-order valence-electron chi connectivity index (χ3n) is 3.90. The molecule has 0 saturated heterocycles. The molecule has 0 saturated carbocycles. The number of benzene rings is 2. The maximum absolute atomic E-state index is 13.0. The van der Waals surface area contributed by atoms with Gasteiger partial charge in [0.15, 0.2) is 15.6 Å². The zero-order valence-electron chi connectivity index (χ0n) is 14.9. The van der Waals surface area contributed by atoms with Crippen LogP contribution in [-0.4, -0.2) is 31.6 Å². The highest BCUT2D eigenvalue weighted by Crippen LogP contribution is 2.25. The number of hydrogen-bond acceptors (Lipinski definition) is 5. The molecule has 2 aromatic carbocycles. The first-order chi connectivity index (χ1) is 12.8. The van der Waals surface area contributed by atoms with Crippen LogP contribution in [0.15, 0.2) is 59.8 Å². The van der Waals surface area contributed by atoms with E-state index in [4.69, 9.17) is 9.47 Å². The van der Waals surface area contributed by atoms with E-state index in [0.717, 1.165) is 17.4 Å². The van der Waals surface area contributed by atoms with Crippen molar-refractivity contribution in [3.05, 3.63) is 71.8 Å². The molecule has 0 spiro atoms. The van der Waals surface area contributed by atoms with E-state index >= 15 is 0 Å². The molecule has 3 aromatic rings. The summed E-state index contributed by atoms with van der Waals surface area (Å²) in [5.74, 6) is 0.578. The van der Waals surface area contributed by atoms with Crippen molar-refractivity contribution in [2.75, 3.05) is 13.4 Å². The van der Waals surface area contributed by atoms with Gasteiger partial charge in [0, 0.05) is 6.26 Å². The lowest BCUT2D eigenvalue weighted by Gasteiger charge is -2.10. The second-order valence-electron chi connectivity index (χ2n) is 6.05. The van der Waals surface area contributed by atoms with Gasteiger partial charge in [-0.05, 0) is 35.4 Å². The molecular weight excluding hydrogens is 371 g/mol. The number of hydrogen-bond donors (Lipinski definition) is 0. The van der Waals surface area contributed by atoms with E-state index in [1.807, 2.05) is 0 Å². The average Bonchev–Trinajstić information content (AvgIpc) is 3.08. The first-order valence-corrected chi connectivity index (χ1v) is 10.0. The molecule has 1 aromatic heterocycles. The Hall–Kier alpha value is -2.87. The molecule has 0 aliphatic carbocycles. The summed E-state index contributed by atoms with van der Waals surface area (Å²) in [6, 6.07) is 11.0. The van der Waals surface area contributed by atoms with Crippen LogP contribution in [0.2, 0.25) is 0 Å². The van der Waals surface area contributed by atoms with Crippen molar-refractivity contribution >= 4 is 9.84 Å². The molecule has 3 rings (SSSR count). The van der Waals surface area contributed by atoms with Gasteiger partial charge in [-0.1, -0.05) is 18.2 Å². The summed E-state index contributed by atoms with van der Waals surface area (Å²) in [7, 11) is -1.94. The summed E-state index contributed by atoms with van der Waals surface area (Å²) in [6.07, 6.45) is 4.47. The summed E-state index contributed by atoms with van der Waals surface area (Å²) in [4.78, 5) is 0.140. The van der Waals surface area contributed by atoms with Gasteiger partial charge in [0.1, 0.15) is 23.1 Å². The summed E-state index contributed by atoms with van der Waals surface area (Å²) < 4.78 is 49.0. The molecule has 6 nitrogen and oxygen atoms in total. The Bertz CT molecular complexity index is 1030. The minimum absolute atomic E-state index is 0.140. The first-order valence-electron chi connectivity index (χ1n) is 8.12. The molecule has 0 fully saturated rings. The maximum Gasteiger partial charge on any atom is 0.179 e. The molecule has 27 heavy (non-hydrogen) atoms. The molecule has 1 heterocycles. The predicted octanol–water partition coefficient (Wildman–Crippen LogP) is 3.06. The van der Waals surface area contributed by atoms with Crippen LogP contribution < -0.4 is 9.47 Å². The molecule has 0 amide bonds. The average molecular weight is 390 g/mol. The minimum Gasteiger partial charge on any atom is -0.495 e. The van der Waals surface area contributed by atoms with Crippen molar-refractivity contribution in [3.63, 3.8) is 0 Å². The standard InChI is InChI=1S/C19H19FN2O4S/c1-25-18-9-15(5-8-19(18)27(2,23)24)13-26-17-10-21-22(12-17)11-14-3-6-16(20)7-4-14/h3-10,12H,11,13H2,1-2H3. The molecule has 142 valence electrons. The highest BCUT2D eigenvalue weighted by atomic mass is 32.2. The summed E-state index contributed by atoms with van der Waals surface area (Å²) in [6.45, 7) is 0.739. The van der Waals surface area contributed by atoms with Gasteiger partial charge in [0.2, 0.25) is 0 Å². The SMILES string of the molecule is COc1cc(COc2cnn(Cc3ccc(F)cc3)c2)ccc1S(C)(=O)=O. The van der Waals surface area contributed by atoms with Crippen molar-refractivity contribution in [2.45, 2.75) is 18.0 Å². The van der Waals surface area contributed by atoms with E-state index in [2.05, 4.69) is 5.10 Å². The fourth-order valence-electron chi connectivity index (χ4n) is 2.56. The van der Waals surface area contributed by atoms with Crippen LogP contribution in [0, 0.1) is 5.82 Å². The molecule has 0 aliphatic rings. The monoisotopic (exact) mass is 390 g/mol. The van der Waals surface area contributed by atoms with Crippen molar-refractivity contribution in [1.82, 2.24) is 9.78 Å². The lowest BCUT2D eigenvalue weighted by molar-refractivity contribution is 0.304. The Morgan fingerprint density at radius 3 is 2.48 bits per heavy atom. The van der Waals surface area contributed by atoms with Crippen molar-refractivity contribution < 1.29 is 22.3 Å². The quantitative estimate of drug-likeness (QED) is 0.620. The van der Waals surface area contributed by atoms with E-state index in [-0.39, 0.29) is 23.1 Å². The van der Waals surface area contributed by atoms with Crippen LogP contribution in [-0.2, 0) is 23.0 Å². The highest BCUT2D eigenvalue weighted by Gasteiger charge is 2.14. The fraction of sp³-hybridized carbons (Fsp3) is 0.211. The lowest BCUT2D eigenvalue weighted by Crippen LogP contribution is -2.03. The van der Waals surface area contributed by atoms with E-state index in [1.165, 1.54) is 25.3 Å². The number of rotatable bonds is 7. The number of aromatic nitrogens is 2. The van der Waals surface area contributed by atoms with Gasteiger partial charge in [-0.2, -0.15) is 5.10 Å². The number of methoxy groups -OCH3 is 1.